The molecule has 8 heteroatoms. The molecule has 1 aromatic heterocycles. The van der Waals surface area contributed by atoms with Crippen molar-refractivity contribution in [3.05, 3.63) is 17.5 Å². The van der Waals surface area contributed by atoms with Crippen molar-refractivity contribution in [1.82, 2.24) is 15.3 Å². The van der Waals surface area contributed by atoms with E-state index in [1.165, 1.54) is 26.2 Å². The Bertz CT molecular complexity index is 426. The second kappa shape index (κ2) is 6.00. The van der Waals surface area contributed by atoms with Crippen LogP contribution in [0.2, 0.25) is 5.15 Å². The normalized spacial score (nSPS) is 11.5. The summed E-state index contributed by atoms with van der Waals surface area (Å²) in [7, 11) is 0. The van der Waals surface area contributed by atoms with Crippen LogP contribution in [0.5, 0.6) is 0 Å². The van der Waals surface area contributed by atoms with Crippen LogP contribution in [0, 0.1) is 0 Å². The van der Waals surface area contributed by atoms with E-state index in [9.17, 15) is 9.59 Å². The number of carbonyl (C=O) groups is 2. The fourth-order valence-electron chi connectivity index (χ4n) is 1.01. The van der Waals surface area contributed by atoms with Gasteiger partial charge in [-0.3, -0.25) is 10.1 Å². The van der Waals surface area contributed by atoms with Crippen LogP contribution in [0.4, 0.5) is 10.6 Å². The van der Waals surface area contributed by atoms with Crippen LogP contribution in [0.25, 0.3) is 0 Å². The van der Waals surface area contributed by atoms with Gasteiger partial charge in [-0.25, -0.2) is 14.8 Å². The van der Waals surface area contributed by atoms with Gasteiger partial charge in [0.15, 0.2) is 17.2 Å². The molecule has 0 aliphatic rings. The smallest absolute Gasteiger partial charge is 0.323 e. The molecule has 1 aromatic rings. The summed E-state index contributed by atoms with van der Waals surface area (Å²) < 4.78 is 4.71. The molecule has 17 heavy (non-hydrogen) atoms. The summed E-state index contributed by atoms with van der Waals surface area (Å²) in [5.41, 5.74) is 0. The van der Waals surface area contributed by atoms with Crippen molar-refractivity contribution in [3.8, 4) is 0 Å². The van der Waals surface area contributed by atoms with Gasteiger partial charge in [-0.2, -0.15) is 0 Å². The molecule has 1 atom stereocenters. The van der Waals surface area contributed by atoms with Gasteiger partial charge in [0, 0.05) is 19.3 Å². The number of carbonyl (C=O) groups excluding carboxylic acids is 2. The number of esters is 1. The molecule has 1 heterocycles. The molecule has 92 valence electrons. The van der Waals surface area contributed by atoms with Crippen molar-refractivity contribution >= 4 is 29.4 Å². The van der Waals surface area contributed by atoms with Gasteiger partial charge in [-0.1, -0.05) is 11.6 Å². The van der Waals surface area contributed by atoms with Crippen LogP contribution in [0.15, 0.2) is 12.4 Å². The highest BCUT2D eigenvalue weighted by molar-refractivity contribution is 6.32. The Hall–Kier alpha value is -1.89. The van der Waals surface area contributed by atoms with Gasteiger partial charge in [0.1, 0.15) is 0 Å². The summed E-state index contributed by atoms with van der Waals surface area (Å²) in [5, 5.41) is 4.81. The Morgan fingerprint density at radius 1 is 1.41 bits per heavy atom. The van der Waals surface area contributed by atoms with Crippen LogP contribution in [-0.2, 0) is 9.53 Å². The number of rotatable bonds is 3. The van der Waals surface area contributed by atoms with Crippen LogP contribution >= 0.6 is 11.6 Å². The maximum atomic E-state index is 11.4. The van der Waals surface area contributed by atoms with Crippen molar-refractivity contribution < 1.29 is 14.3 Å². The number of aromatic nitrogens is 2. The molecule has 0 fully saturated rings. The topological polar surface area (TPSA) is 93.2 Å². The van der Waals surface area contributed by atoms with Crippen molar-refractivity contribution in [1.29, 1.82) is 0 Å². The average Bonchev–Trinajstić information content (AvgIpc) is 2.19. The molecule has 0 aliphatic carbocycles. The molecule has 0 radical (unpaired) electrons. The number of amides is 2. The molecule has 0 bridgehead atoms. The number of ether oxygens (including phenoxy) is 1. The highest BCUT2D eigenvalue weighted by atomic mass is 35.5. The molecule has 2 amide bonds. The molecule has 1 rings (SSSR count). The maximum Gasteiger partial charge on any atom is 0.323 e. The zero-order valence-corrected chi connectivity index (χ0v) is 9.99. The second-order valence-corrected chi connectivity index (χ2v) is 3.40. The molecule has 0 aromatic carbocycles. The minimum atomic E-state index is -0.747. The van der Waals surface area contributed by atoms with E-state index in [4.69, 9.17) is 16.3 Å². The summed E-state index contributed by atoms with van der Waals surface area (Å²) in [4.78, 5) is 29.6. The van der Waals surface area contributed by atoms with Gasteiger partial charge >= 0.3 is 12.0 Å². The van der Waals surface area contributed by atoms with Crippen LogP contribution < -0.4 is 10.6 Å². The van der Waals surface area contributed by atoms with Crippen molar-refractivity contribution in [2.45, 2.75) is 20.1 Å². The number of hydrogen-bond donors (Lipinski definition) is 2. The van der Waals surface area contributed by atoms with Crippen molar-refractivity contribution in [2.75, 3.05) is 5.32 Å². The first-order valence-corrected chi connectivity index (χ1v) is 5.08. The standard InChI is InChI=1S/C9H11ClN4O3/c1-5(17-6(2)15)13-9(16)14-8-7(10)11-3-4-12-8/h3-5H,1-2H3,(H2,12,13,14,16). The van der Waals surface area contributed by atoms with E-state index >= 15 is 0 Å². The molecule has 0 saturated carbocycles. The highest BCUT2D eigenvalue weighted by Crippen LogP contribution is 2.13. The zero-order valence-electron chi connectivity index (χ0n) is 9.23. The van der Waals surface area contributed by atoms with Gasteiger partial charge in [0.2, 0.25) is 0 Å². The van der Waals surface area contributed by atoms with Crippen LogP contribution in [0.3, 0.4) is 0 Å². The van der Waals surface area contributed by atoms with E-state index in [0.29, 0.717) is 0 Å². The minimum absolute atomic E-state index is 0.0720. The fraction of sp³-hybridized carbons (Fsp3) is 0.333. The lowest BCUT2D eigenvalue weighted by atomic mass is 10.6. The summed E-state index contributed by atoms with van der Waals surface area (Å²) in [6.45, 7) is 2.76. The van der Waals surface area contributed by atoms with Crippen molar-refractivity contribution in [3.63, 3.8) is 0 Å². The predicted molar refractivity (Wildman–Crippen MR) is 60.4 cm³/mol. The molecule has 0 spiro atoms. The van der Waals surface area contributed by atoms with E-state index in [-0.39, 0.29) is 11.0 Å². The number of urea groups is 1. The third-order valence-electron chi connectivity index (χ3n) is 1.56. The molecule has 1 unspecified atom stereocenters. The lowest BCUT2D eigenvalue weighted by molar-refractivity contribution is -0.146. The third kappa shape index (κ3) is 4.64. The van der Waals surface area contributed by atoms with Gasteiger partial charge < -0.3 is 10.1 Å². The average molecular weight is 259 g/mol. The fourth-order valence-corrected chi connectivity index (χ4v) is 1.16. The van der Waals surface area contributed by atoms with Gasteiger partial charge in [0.05, 0.1) is 0 Å². The maximum absolute atomic E-state index is 11.4. The zero-order chi connectivity index (χ0) is 12.8. The summed E-state index contributed by atoms with van der Waals surface area (Å²) >= 11 is 5.69. The number of halogens is 1. The first-order valence-electron chi connectivity index (χ1n) is 4.70. The first kappa shape index (κ1) is 13.2. The monoisotopic (exact) mass is 258 g/mol. The van der Waals surface area contributed by atoms with Crippen LogP contribution in [-0.4, -0.2) is 28.2 Å². The van der Waals surface area contributed by atoms with E-state index < -0.39 is 18.2 Å². The molecular weight excluding hydrogens is 248 g/mol. The number of nitrogens with zero attached hydrogens (tertiary/aromatic N) is 2. The van der Waals surface area contributed by atoms with Crippen molar-refractivity contribution in [2.24, 2.45) is 0 Å². The Morgan fingerprint density at radius 3 is 2.65 bits per heavy atom. The van der Waals surface area contributed by atoms with Gasteiger partial charge in [0.25, 0.3) is 0 Å². The first-order chi connectivity index (χ1) is 7.99. The Morgan fingerprint density at radius 2 is 2.06 bits per heavy atom. The van der Waals surface area contributed by atoms with Crippen LogP contribution in [0.1, 0.15) is 13.8 Å². The predicted octanol–water partition coefficient (Wildman–Crippen LogP) is 1.16. The number of nitrogens with one attached hydrogen (secondary N) is 2. The molecule has 7 nitrogen and oxygen atoms in total. The highest BCUT2D eigenvalue weighted by Gasteiger charge is 2.11. The SMILES string of the molecule is CC(=O)OC(C)NC(=O)Nc1nccnc1Cl. The summed E-state index contributed by atoms with van der Waals surface area (Å²) in [6, 6.07) is -0.596. The summed E-state index contributed by atoms with van der Waals surface area (Å²) in [5.74, 6) is -0.364. The molecular formula is C9H11ClN4O3. The largest absolute Gasteiger partial charge is 0.442 e. The molecule has 0 saturated heterocycles. The van der Waals surface area contributed by atoms with E-state index in [1.807, 2.05) is 0 Å². The van der Waals surface area contributed by atoms with E-state index in [2.05, 4.69) is 20.6 Å². The third-order valence-corrected chi connectivity index (χ3v) is 1.84. The Balaban J connectivity index is 2.50. The lowest BCUT2D eigenvalue weighted by Crippen LogP contribution is -2.38. The Labute approximate surface area is 103 Å². The minimum Gasteiger partial charge on any atom is -0.442 e. The number of hydrogen-bond acceptors (Lipinski definition) is 5. The lowest BCUT2D eigenvalue weighted by Gasteiger charge is -2.14. The second-order valence-electron chi connectivity index (χ2n) is 3.05. The summed E-state index contributed by atoms with van der Waals surface area (Å²) in [6.07, 6.45) is 2.03. The van der Waals surface area contributed by atoms with E-state index in [0.717, 1.165) is 0 Å². The quantitative estimate of drug-likeness (QED) is 0.627. The molecule has 2 N–H and O–H groups in total. The molecule has 0 aliphatic heterocycles. The van der Waals surface area contributed by atoms with Gasteiger partial charge in [-0.15, -0.1) is 0 Å². The van der Waals surface area contributed by atoms with Gasteiger partial charge in [-0.05, 0) is 6.92 Å². The van der Waals surface area contributed by atoms with E-state index in [1.54, 1.807) is 0 Å². The Kier molecular flexibility index (Phi) is 4.65. The number of anilines is 1.